The number of amides is 1. The van der Waals surface area contributed by atoms with Crippen molar-refractivity contribution in [3.05, 3.63) is 65.2 Å². The molecule has 0 saturated heterocycles. The normalized spacial score (nSPS) is 11.1. The van der Waals surface area contributed by atoms with Gasteiger partial charge in [-0.05, 0) is 97.4 Å². The Morgan fingerprint density at radius 2 is 1.19 bits per heavy atom. The van der Waals surface area contributed by atoms with Crippen molar-refractivity contribution < 1.29 is 14.3 Å². The molecule has 0 bridgehead atoms. The molecule has 6 nitrogen and oxygen atoms in total. The van der Waals surface area contributed by atoms with Crippen LogP contribution in [-0.4, -0.2) is 80.9 Å². The average Bonchev–Trinajstić information content (AvgIpc) is 2.73. The van der Waals surface area contributed by atoms with E-state index in [4.69, 9.17) is 4.74 Å². The van der Waals surface area contributed by atoms with Gasteiger partial charge in [0.25, 0.3) is 5.91 Å². The monoisotopic (exact) mass is 425 g/mol. The van der Waals surface area contributed by atoms with Gasteiger partial charge in [0.2, 0.25) is 0 Å². The molecule has 0 saturated carbocycles. The molecule has 0 aliphatic rings. The summed E-state index contributed by atoms with van der Waals surface area (Å²) >= 11 is 0. The molecule has 2 aromatic rings. The summed E-state index contributed by atoms with van der Waals surface area (Å²) < 4.78 is 5.41. The van der Waals surface area contributed by atoms with Crippen molar-refractivity contribution in [3.63, 3.8) is 0 Å². The van der Waals surface area contributed by atoms with Crippen LogP contribution in [0.5, 0.6) is 5.75 Å². The van der Waals surface area contributed by atoms with Crippen molar-refractivity contribution in [1.29, 1.82) is 0 Å². The second-order valence-corrected chi connectivity index (χ2v) is 8.39. The molecule has 0 spiro atoms. The lowest BCUT2D eigenvalue weighted by Crippen LogP contribution is -2.35. The summed E-state index contributed by atoms with van der Waals surface area (Å²) in [5.74, 6) is 0.0661. The Balaban J connectivity index is 2.02. The van der Waals surface area contributed by atoms with E-state index in [2.05, 4.69) is 9.80 Å². The number of esters is 1. The lowest BCUT2D eigenvalue weighted by atomic mass is 10.1. The van der Waals surface area contributed by atoms with Crippen molar-refractivity contribution in [2.24, 2.45) is 0 Å². The zero-order valence-corrected chi connectivity index (χ0v) is 19.4. The molecule has 1 amide bonds. The molecule has 0 fully saturated rings. The number of rotatable bonds is 11. The molecule has 168 valence electrons. The maximum Gasteiger partial charge on any atom is 0.343 e. The summed E-state index contributed by atoms with van der Waals surface area (Å²) in [5, 5.41) is 0. The van der Waals surface area contributed by atoms with Crippen molar-refractivity contribution in [2.75, 3.05) is 54.4 Å². The fourth-order valence-corrected chi connectivity index (χ4v) is 3.17. The maximum absolute atomic E-state index is 13.1. The second kappa shape index (κ2) is 12.2. The topological polar surface area (TPSA) is 53.1 Å². The first-order chi connectivity index (χ1) is 14.8. The van der Waals surface area contributed by atoms with Gasteiger partial charge in [0.1, 0.15) is 5.75 Å². The molecule has 0 unspecified atom stereocenters. The van der Waals surface area contributed by atoms with E-state index in [1.54, 1.807) is 36.4 Å². The van der Waals surface area contributed by atoms with Gasteiger partial charge in [0.15, 0.2) is 0 Å². The van der Waals surface area contributed by atoms with E-state index in [9.17, 15) is 9.59 Å². The zero-order chi connectivity index (χ0) is 22.8. The lowest BCUT2D eigenvalue weighted by Gasteiger charge is -2.24. The minimum atomic E-state index is -0.434. The third-order valence-corrected chi connectivity index (χ3v) is 4.95. The van der Waals surface area contributed by atoms with Gasteiger partial charge >= 0.3 is 5.97 Å². The van der Waals surface area contributed by atoms with Crippen LogP contribution in [0.4, 0.5) is 0 Å². The number of hydrogen-bond acceptors (Lipinski definition) is 5. The van der Waals surface area contributed by atoms with Gasteiger partial charge in [-0.3, -0.25) is 4.79 Å². The molecule has 6 heteroatoms. The van der Waals surface area contributed by atoms with Gasteiger partial charge in [0.05, 0.1) is 5.56 Å². The smallest absolute Gasteiger partial charge is 0.343 e. The van der Waals surface area contributed by atoms with Crippen LogP contribution in [0.3, 0.4) is 0 Å². The van der Waals surface area contributed by atoms with E-state index in [0.29, 0.717) is 30.0 Å². The molecule has 0 aromatic heterocycles. The predicted octanol–water partition coefficient (Wildman–Crippen LogP) is 3.56. The largest absolute Gasteiger partial charge is 0.423 e. The maximum atomic E-state index is 13.1. The standard InChI is InChI=1S/C25H35N3O3/c1-20-8-14-23(15-9-20)31-25(30)22-12-10-21(11-13-22)24(29)28(18-6-16-26(2)3)19-7-17-27(4)5/h8-15H,6-7,16-19H2,1-5H3. The van der Waals surface area contributed by atoms with Crippen LogP contribution in [0.15, 0.2) is 48.5 Å². The summed E-state index contributed by atoms with van der Waals surface area (Å²) in [6.07, 6.45) is 1.84. The summed E-state index contributed by atoms with van der Waals surface area (Å²) in [6, 6.07) is 14.0. The van der Waals surface area contributed by atoms with Crippen LogP contribution in [0, 0.1) is 6.92 Å². The molecule has 0 heterocycles. The summed E-state index contributed by atoms with van der Waals surface area (Å²) in [5.41, 5.74) is 2.11. The van der Waals surface area contributed by atoms with Gasteiger partial charge in [-0.25, -0.2) is 4.79 Å². The first-order valence-corrected chi connectivity index (χ1v) is 10.7. The summed E-state index contributed by atoms with van der Waals surface area (Å²) in [4.78, 5) is 31.6. The molecule has 0 N–H and O–H groups in total. The second-order valence-electron chi connectivity index (χ2n) is 8.39. The number of ether oxygens (including phenoxy) is 1. The average molecular weight is 426 g/mol. The van der Waals surface area contributed by atoms with E-state index in [-0.39, 0.29) is 5.91 Å². The minimum Gasteiger partial charge on any atom is -0.423 e. The van der Waals surface area contributed by atoms with E-state index in [1.807, 2.05) is 52.1 Å². The quantitative estimate of drug-likeness (QED) is 0.407. The Morgan fingerprint density at radius 1 is 0.710 bits per heavy atom. The fraction of sp³-hybridized carbons (Fsp3) is 0.440. The first kappa shape index (κ1) is 24.6. The Hall–Kier alpha value is -2.70. The van der Waals surface area contributed by atoms with E-state index in [0.717, 1.165) is 31.5 Å². The highest BCUT2D eigenvalue weighted by Crippen LogP contribution is 2.15. The SMILES string of the molecule is Cc1ccc(OC(=O)c2ccc(C(=O)N(CCCN(C)C)CCCN(C)C)cc2)cc1. The third kappa shape index (κ3) is 8.52. The molecule has 0 aliphatic carbocycles. The predicted molar refractivity (Wildman–Crippen MR) is 125 cm³/mol. The number of benzene rings is 2. The van der Waals surface area contributed by atoms with Crippen molar-refractivity contribution in [2.45, 2.75) is 19.8 Å². The van der Waals surface area contributed by atoms with Crippen molar-refractivity contribution in [1.82, 2.24) is 14.7 Å². The number of carbonyl (C=O) groups excluding carboxylic acids is 2. The molecule has 0 aliphatic heterocycles. The Morgan fingerprint density at radius 3 is 1.68 bits per heavy atom. The highest BCUT2D eigenvalue weighted by atomic mass is 16.5. The van der Waals surface area contributed by atoms with Crippen molar-refractivity contribution >= 4 is 11.9 Å². The zero-order valence-electron chi connectivity index (χ0n) is 19.4. The van der Waals surface area contributed by atoms with Crippen LogP contribution in [0.1, 0.15) is 39.1 Å². The van der Waals surface area contributed by atoms with Crippen LogP contribution < -0.4 is 4.74 Å². The highest BCUT2D eigenvalue weighted by Gasteiger charge is 2.17. The van der Waals surface area contributed by atoms with Crippen LogP contribution >= 0.6 is 0 Å². The summed E-state index contributed by atoms with van der Waals surface area (Å²) in [7, 11) is 8.14. The molecule has 2 rings (SSSR count). The van der Waals surface area contributed by atoms with Crippen LogP contribution in [0.25, 0.3) is 0 Å². The molecule has 31 heavy (non-hydrogen) atoms. The number of nitrogens with zero attached hydrogens (tertiary/aromatic N) is 3. The fourth-order valence-electron chi connectivity index (χ4n) is 3.17. The van der Waals surface area contributed by atoms with Gasteiger partial charge in [0, 0.05) is 18.7 Å². The number of aryl methyl sites for hydroxylation is 1. The minimum absolute atomic E-state index is 0.00374. The van der Waals surface area contributed by atoms with Gasteiger partial charge in [-0.15, -0.1) is 0 Å². The van der Waals surface area contributed by atoms with Gasteiger partial charge in [-0.1, -0.05) is 17.7 Å². The van der Waals surface area contributed by atoms with Crippen LogP contribution in [0.2, 0.25) is 0 Å². The van der Waals surface area contributed by atoms with E-state index >= 15 is 0 Å². The Labute approximate surface area is 186 Å². The Kier molecular flexibility index (Phi) is 9.69. The van der Waals surface area contributed by atoms with Crippen molar-refractivity contribution in [3.8, 4) is 5.75 Å². The third-order valence-electron chi connectivity index (χ3n) is 4.95. The number of carbonyl (C=O) groups is 2. The first-order valence-electron chi connectivity index (χ1n) is 10.7. The van der Waals surface area contributed by atoms with Gasteiger partial charge < -0.3 is 19.4 Å². The molecular formula is C25H35N3O3. The molecule has 0 radical (unpaired) electrons. The van der Waals surface area contributed by atoms with E-state index in [1.165, 1.54) is 0 Å². The summed E-state index contributed by atoms with van der Waals surface area (Å²) in [6.45, 7) is 5.26. The molecule has 2 aromatic carbocycles. The highest BCUT2D eigenvalue weighted by molar-refractivity contribution is 5.96. The molecular weight excluding hydrogens is 390 g/mol. The van der Waals surface area contributed by atoms with Crippen LogP contribution in [-0.2, 0) is 0 Å². The lowest BCUT2D eigenvalue weighted by molar-refractivity contribution is 0.0726. The molecule has 0 atom stereocenters. The Bertz CT molecular complexity index is 816. The number of hydrogen-bond donors (Lipinski definition) is 0. The van der Waals surface area contributed by atoms with E-state index < -0.39 is 5.97 Å². The van der Waals surface area contributed by atoms with Gasteiger partial charge in [-0.2, -0.15) is 0 Å².